The smallest absolute Gasteiger partial charge is 0.258 e. The highest BCUT2D eigenvalue weighted by molar-refractivity contribution is 5.64. The molecule has 73 valence electrons. The predicted molar refractivity (Wildman–Crippen MR) is 50.8 cm³/mol. The van der Waals surface area contributed by atoms with Crippen LogP contribution < -0.4 is 0 Å². The van der Waals surface area contributed by atoms with Gasteiger partial charge in [0, 0.05) is 6.20 Å². The molecule has 0 unspecified atom stereocenters. The van der Waals surface area contributed by atoms with Crippen molar-refractivity contribution in [2.45, 2.75) is 0 Å². The summed E-state index contributed by atoms with van der Waals surface area (Å²) in [5, 5.41) is 10.7. The van der Waals surface area contributed by atoms with Gasteiger partial charge in [-0.1, -0.05) is 6.07 Å². The fraction of sp³-hybridized carbons (Fsp3) is 0. The maximum absolute atomic E-state index is 10.7. The van der Waals surface area contributed by atoms with Crippen LogP contribution in [0.2, 0.25) is 0 Å². The van der Waals surface area contributed by atoms with Crippen molar-refractivity contribution >= 4 is 5.69 Å². The third-order valence-corrected chi connectivity index (χ3v) is 1.75. The lowest BCUT2D eigenvalue weighted by Gasteiger charge is -1.98. The van der Waals surface area contributed by atoms with Crippen LogP contribution in [-0.2, 0) is 0 Å². The van der Waals surface area contributed by atoms with Crippen LogP contribution in [0.5, 0.6) is 0 Å². The van der Waals surface area contributed by atoms with E-state index in [0.717, 1.165) is 6.20 Å². The maximum Gasteiger partial charge on any atom is 0.315 e. The average molecular weight is 201 g/mol. The Morgan fingerprint density at radius 1 is 1.40 bits per heavy atom. The first-order valence-electron chi connectivity index (χ1n) is 4.08. The molecule has 0 aliphatic carbocycles. The Balaban J connectivity index is 2.58. The van der Waals surface area contributed by atoms with Gasteiger partial charge in [0.15, 0.2) is 12.0 Å². The van der Waals surface area contributed by atoms with E-state index in [9.17, 15) is 10.1 Å². The van der Waals surface area contributed by atoms with Crippen molar-refractivity contribution in [3.05, 3.63) is 47.0 Å². The normalized spacial score (nSPS) is 9.87. The van der Waals surface area contributed by atoms with Crippen molar-refractivity contribution in [2.24, 2.45) is 0 Å². The number of rotatable bonds is 2. The zero-order chi connectivity index (χ0) is 10.7. The van der Waals surface area contributed by atoms with E-state index >= 15 is 0 Å². The molecular formula is C9H5N4O2. The van der Waals surface area contributed by atoms with Crippen LogP contribution in [0.25, 0.3) is 11.4 Å². The number of aromatic nitrogens is 3. The van der Waals surface area contributed by atoms with E-state index < -0.39 is 4.92 Å². The first kappa shape index (κ1) is 9.20. The molecule has 6 heteroatoms. The van der Waals surface area contributed by atoms with Crippen molar-refractivity contribution < 1.29 is 4.92 Å². The molecule has 0 fully saturated rings. The van der Waals surface area contributed by atoms with Crippen molar-refractivity contribution in [3.63, 3.8) is 0 Å². The lowest BCUT2D eigenvalue weighted by atomic mass is 10.2. The molecule has 2 aromatic rings. The van der Waals surface area contributed by atoms with Crippen molar-refractivity contribution in [1.82, 2.24) is 15.0 Å². The van der Waals surface area contributed by atoms with Gasteiger partial charge in [-0.25, -0.2) is 9.97 Å². The van der Waals surface area contributed by atoms with Gasteiger partial charge in [-0.15, -0.1) is 0 Å². The number of hydrogen-bond donors (Lipinski definition) is 0. The standard InChI is InChI=1S/C9H5N4O2/c14-13(15)8-5-10-6-12-9(8)7-3-1-2-4-11-7/h1-5H. The summed E-state index contributed by atoms with van der Waals surface area (Å²) in [4.78, 5) is 21.3. The topological polar surface area (TPSA) is 81.8 Å². The number of pyridine rings is 1. The van der Waals surface area contributed by atoms with Crippen molar-refractivity contribution in [3.8, 4) is 11.4 Å². The Hall–Kier alpha value is -2.37. The molecule has 2 aromatic heterocycles. The molecule has 2 heterocycles. The van der Waals surface area contributed by atoms with Gasteiger partial charge in [-0.05, 0) is 12.1 Å². The predicted octanol–water partition coefficient (Wildman–Crippen LogP) is 1.25. The van der Waals surface area contributed by atoms with Gasteiger partial charge in [-0.3, -0.25) is 15.1 Å². The number of nitro groups is 1. The Bertz CT molecular complexity index is 486. The Labute approximate surface area is 84.8 Å². The van der Waals surface area contributed by atoms with E-state index in [-0.39, 0.29) is 11.4 Å². The van der Waals surface area contributed by atoms with Crippen molar-refractivity contribution in [1.29, 1.82) is 0 Å². The molecule has 0 amide bonds. The second kappa shape index (κ2) is 3.79. The van der Waals surface area contributed by atoms with Gasteiger partial charge < -0.3 is 0 Å². The van der Waals surface area contributed by atoms with Gasteiger partial charge >= 0.3 is 5.69 Å². The lowest BCUT2D eigenvalue weighted by Crippen LogP contribution is -1.96. The van der Waals surface area contributed by atoms with E-state index in [1.165, 1.54) is 0 Å². The Morgan fingerprint density at radius 3 is 2.93 bits per heavy atom. The molecule has 1 radical (unpaired) electrons. The van der Waals surface area contributed by atoms with Crippen LogP contribution in [0.15, 0.2) is 30.6 Å². The molecule has 0 atom stereocenters. The molecule has 0 bridgehead atoms. The third kappa shape index (κ3) is 1.78. The highest BCUT2D eigenvalue weighted by Gasteiger charge is 2.17. The van der Waals surface area contributed by atoms with Crippen LogP contribution in [0, 0.1) is 16.4 Å². The van der Waals surface area contributed by atoms with Gasteiger partial charge in [0.2, 0.25) is 0 Å². The van der Waals surface area contributed by atoms with Crippen molar-refractivity contribution in [2.75, 3.05) is 0 Å². The lowest BCUT2D eigenvalue weighted by molar-refractivity contribution is -0.384. The summed E-state index contributed by atoms with van der Waals surface area (Å²) in [6, 6.07) is 5.09. The molecular weight excluding hydrogens is 196 g/mol. The molecule has 6 nitrogen and oxygen atoms in total. The van der Waals surface area contributed by atoms with Crippen LogP contribution >= 0.6 is 0 Å². The van der Waals surface area contributed by atoms with E-state index in [2.05, 4.69) is 21.3 Å². The van der Waals surface area contributed by atoms with Gasteiger partial charge in [0.25, 0.3) is 0 Å². The molecule has 0 saturated carbocycles. The summed E-state index contributed by atoms with van der Waals surface area (Å²) < 4.78 is 0. The largest absolute Gasteiger partial charge is 0.315 e. The SMILES string of the molecule is O=[N+]([O-])c1cn[c]nc1-c1ccccn1. The fourth-order valence-corrected chi connectivity index (χ4v) is 1.11. The van der Waals surface area contributed by atoms with E-state index in [1.807, 2.05) is 0 Å². The molecule has 0 aliphatic rings. The first-order chi connectivity index (χ1) is 7.29. The molecule has 2 rings (SSSR count). The minimum absolute atomic E-state index is 0.174. The Kier molecular flexibility index (Phi) is 2.32. The number of hydrogen-bond acceptors (Lipinski definition) is 5. The summed E-state index contributed by atoms with van der Waals surface area (Å²) in [5.41, 5.74) is 0.436. The third-order valence-electron chi connectivity index (χ3n) is 1.75. The van der Waals surface area contributed by atoms with Gasteiger partial charge in [-0.2, -0.15) is 0 Å². The molecule has 15 heavy (non-hydrogen) atoms. The minimum atomic E-state index is -0.544. The summed E-state index contributed by atoms with van der Waals surface area (Å²) in [6.07, 6.45) is 4.96. The highest BCUT2D eigenvalue weighted by atomic mass is 16.6. The monoisotopic (exact) mass is 201 g/mol. The molecule has 0 spiro atoms. The maximum atomic E-state index is 10.7. The molecule has 0 N–H and O–H groups in total. The quantitative estimate of drug-likeness (QED) is 0.539. The summed E-state index contributed by atoms with van der Waals surface area (Å²) in [5.74, 6) is 0. The van der Waals surface area contributed by atoms with Crippen LogP contribution in [0.3, 0.4) is 0 Å². The zero-order valence-electron chi connectivity index (χ0n) is 7.49. The minimum Gasteiger partial charge on any atom is -0.258 e. The summed E-state index contributed by atoms with van der Waals surface area (Å²) in [6.45, 7) is 0. The summed E-state index contributed by atoms with van der Waals surface area (Å²) in [7, 11) is 0. The van der Waals surface area contributed by atoms with E-state index in [4.69, 9.17) is 0 Å². The average Bonchev–Trinajstić information content (AvgIpc) is 2.30. The first-order valence-corrected chi connectivity index (χ1v) is 4.08. The fourth-order valence-electron chi connectivity index (χ4n) is 1.11. The summed E-state index contributed by atoms with van der Waals surface area (Å²) >= 11 is 0. The highest BCUT2D eigenvalue weighted by Crippen LogP contribution is 2.23. The van der Waals surface area contributed by atoms with Gasteiger partial charge in [0.05, 0.1) is 10.6 Å². The van der Waals surface area contributed by atoms with E-state index in [0.29, 0.717) is 5.69 Å². The van der Waals surface area contributed by atoms with Crippen LogP contribution in [0.4, 0.5) is 5.69 Å². The van der Waals surface area contributed by atoms with Gasteiger partial charge in [0.1, 0.15) is 6.20 Å². The molecule has 0 aromatic carbocycles. The van der Waals surface area contributed by atoms with Crippen LogP contribution in [-0.4, -0.2) is 19.9 Å². The van der Waals surface area contributed by atoms with E-state index in [1.54, 1.807) is 24.4 Å². The molecule has 0 saturated heterocycles. The molecule has 0 aliphatic heterocycles. The Morgan fingerprint density at radius 2 is 2.27 bits per heavy atom. The second-order valence-electron chi connectivity index (χ2n) is 2.68. The zero-order valence-corrected chi connectivity index (χ0v) is 7.49. The number of nitrogens with zero attached hydrogens (tertiary/aromatic N) is 4. The van der Waals surface area contributed by atoms with Crippen LogP contribution in [0.1, 0.15) is 0 Å². The second-order valence-corrected chi connectivity index (χ2v) is 2.68.